The molecule has 6 heteroatoms. The number of aromatic nitrogens is 2. The molecule has 1 aromatic carbocycles. The van der Waals surface area contributed by atoms with Crippen molar-refractivity contribution in [3.05, 3.63) is 66.9 Å². The molecule has 2 heterocycles. The van der Waals surface area contributed by atoms with E-state index in [2.05, 4.69) is 32.7 Å². The van der Waals surface area contributed by atoms with E-state index in [1.807, 2.05) is 48.5 Å². The van der Waals surface area contributed by atoms with E-state index < -0.39 is 0 Å². The van der Waals surface area contributed by atoms with Crippen molar-refractivity contribution in [2.45, 2.75) is 16.2 Å². The normalized spacial score (nSPS) is 10.4. The lowest BCUT2D eigenvalue weighted by atomic mass is 10.4. The van der Waals surface area contributed by atoms with Crippen LogP contribution in [0.4, 0.5) is 17.5 Å². The lowest BCUT2D eigenvalue weighted by molar-refractivity contribution is 0.292. The van der Waals surface area contributed by atoms with Crippen molar-refractivity contribution in [2.75, 3.05) is 23.8 Å². The summed E-state index contributed by atoms with van der Waals surface area (Å²) in [5.74, 6) is 2.25. The zero-order valence-corrected chi connectivity index (χ0v) is 14.5. The maximum atomic E-state index is 8.96. The molecule has 0 saturated carbocycles. The summed E-state index contributed by atoms with van der Waals surface area (Å²) < 4.78 is 0. The molecule has 5 nitrogen and oxygen atoms in total. The summed E-state index contributed by atoms with van der Waals surface area (Å²) in [5.41, 5.74) is 0. The predicted molar refractivity (Wildman–Crippen MR) is 103 cm³/mol. The lowest BCUT2D eigenvalue weighted by Gasteiger charge is -2.11. The average Bonchev–Trinajstić information content (AvgIpc) is 2.63. The molecule has 3 aromatic rings. The Kier molecular flexibility index (Phi) is 6.25. The van der Waals surface area contributed by atoms with Gasteiger partial charge in [-0.25, -0.2) is 9.97 Å². The number of nitrogens with zero attached hydrogens (tertiary/aromatic N) is 2. The van der Waals surface area contributed by atoms with Crippen molar-refractivity contribution >= 4 is 29.2 Å². The van der Waals surface area contributed by atoms with Crippen molar-refractivity contribution in [1.82, 2.24) is 9.97 Å². The number of aliphatic hydroxyl groups excluding tert-OH is 1. The molecule has 3 rings (SSSR count). The first-order chi connectivity index (χ1) is 12.3. The summed E-state index contributed by atoms with van der Waals surface area (Å²) >= 11 is 1.68. The minimum absolute atomic E-state index is 0.157. The van der Waals surface area contributed by atoms with E-state index in [1.165, 1.54) is 4.90 Å². The molecule has 0 aliphatic rings. The second kappa shape index (κ2) is 9.05. The van der Waals surface area contributed by atoms with E-state index in [4.69, 9.17) is 5.11 Å². The Morgan fingerprint density at radius 1 is 0.880 bits per heavy atom. The molecule has 25 heavy (non-hydrogen) atoms. The topological polar surface area (TPSA) is 70.1 Å². The van der Waals surface area contributed by atoms with Gasteiger partial charge in [0.1, 0.15) is 17.5 Å². The van der Waals surface area contributed by atoms with Gasteiger partial charge in [0.15, 0.2) is 0 Å². The number of benzene rings is 1. The zero-order chi connectivity index (χ0) is 17.3. The van der Waals surface area contributed by atoms with E-state index in [0.29, 0.717) is 13.0 Å². The van der Waals surface area contributed by atoms with Gasteiger partial charge in [-0.1, -0.05) is 36.0 Å². The SMILES string of the molecule is OCCCNc1cc(Sc2ccccc2)cc(Nc2ccccn2)n1. The van der Waals surface area contributed by atoms with Gasteiger partial charge in [0.25, 0.3) is 0 Å². The monoisotopic (exact) mass is 352 g/mol. The quantitative estimate of drug-likeness (QED) is 0.529. The maximum absolute atomic E-state index is 8.96. The predicted octanol–water partition coefficient (Wildman–Crippen LogP) is 4.17. The third kappa shape index (κ3) is 5.48. The van der Waals surface area contributed by atoms with Crippen LogP contribution in [0.5, 0.6) is 0 Å². The molecule has 2 aromatic heterocycles. The number of aliphatic hydroxyl groups is 1. The Balaban J connectivity index is 1.82. The van der Waals surface area contributed by atoms with Gasteiger partial charge in [-0.15, -0.1) is 0 Å². The van der Waals surface area contributed by atoms with Crippen LogP contribution in [0.2, 0.25) is 0 Å². The summed E-state index contributed by atoms with van der Waals surface area (Å²) in [6.07, 6.45) is 2.42. The highest BCUT2D eigenvalue weighted by Crippen LogP contribution is 2.31. The fraction of sp³-hybridized carbons (Fsp3) is 0.158. The molecule has 128 valence electrons. The van der Waals surface area contributed by atoms with Gasteiger partial charge in [0, 0.05) is 29.1 Å². The maximum Gasteiger partial charge on any atom is 0.135 e. The summed E-state index contributed by atoms with van der Waals surface area (Å²) in [7, 11) is 0. The largest absolute Gasteiger partial charge is 0.396 e. The van der Waals surface area contributed by atoms with Crippen LogP contribution < -0.4 is 10.6 Å². The van der Waals surface area contributed by atoms with Crippen LogP contribution >= 0.6 is 11.8 Å². The molecule has 3 N–H and O–H groups in total. The van der Waals surface area contributed by atoms with Crippen LogP contribution in [0.1, 0.15) is 6.42 Å². The molecule has 0 aliphatic carbocycles. The van der Waals surface area contributed by atoms with Crippen molar-refractivity contribution in [3.8, 4) is 0 Å². The van der Waals surface area contributed by atoms with E-state index in [9.17, 15) is 0 Å². The van der Waals surface area contributed by atoms with Crippen molar-refractivity contribution in [1.29, 1.82) is 0 Å². The van der Waals surface area contributed by atoms with Crippen LogP contribution in [0.15, 0.2) is 76.7 Å². The molecular weight excluding hydrogens is 332 g/mol. The number of rotatable bonds is 8. The highest BCUT2D eigenvalue weighted by atomic mass is 32.2. The molecule has 0 atom stereocenters. The van der Waals surface area contributed by atoms with Gasteiger partial charge in [-0.05, 0) is 42.8 Å². The molecule has 0 bridgehead atoms. The number of nitrogens with one attached hydrogen (secondary N) is 2. The first kappa shape index (κ1) is 17.3. The molecule has 0 radical (unpaired) electrons. The van der Waals surface area contributed by atoms with E-state index in [1.54, 1.807) is 18.0 Å². The summed E-state index contributed by atoms with van der Waals surface area (Å²) in [4.78, 5) is 11.1. The molecule has 0 aliphatic heterocycles. The van der Waals surface area contributed by atoms with Crippen LogP contribution in [-0.2, 0) is 0 Å². The smallest absolute Gasteiger partial charge is 0.135 e. The standard InChI is InChI=1S/C19H20N4OS/c24-12-6-11-21-18-13-16(25-15-7-2-1-3-8-15)14-19(23-18)22-17-9-4-5-10-20-17/h1-5,7-10,13-14,24H,6,11-12H2,(H2,20,21,22,23). The molecule has 0 spiro atoms. The highest BCUT2D eigenvalue weighted by Gasteiger charge is 2.06. The van der Waals surface area contributed by atoms with Crippen molar-refractivity contribution < 1.29 is 5.11 Å². The Bertz CT molecular complexity index is 724. The lowest BCUT2D eigenvalue weighted by Crippen LogP contribution is -2.06. The van der Waals surface area contributed by atoms with Gasteiger partial charge in [0.05, 0.1) is 0 Å². The molecule has 0 saturated heterocycles. The minimum Gasteiger partial charge on any atom is -0.396 e. The van der Waals surface area contributed by atoms with Gasteiger partial charge in [0.2, 0.25) is 0 Å². The summed E-state index contributed by atoms with van der Waals surface area (Å²) in [6, 6.07) is 19.9. The highest BCUT2D eigenvalue weighted by molar-refractivity contribution is 7.99. The summed E-state index contributed by atoms with van der Waals surface area (Å²) in [5, 5.41) is 15.4. The van der Waals surface area contributed by atoms with Gasteiger partial charge >= 0.3 is 0 Å². The van der Waals surface area contributed by atoms with Crippen molar-refractivity contribution in [2.24, 2.45) is 0 Å². The van der Waals surface area contributed by atoms with E-state index in [-0.39, 0.29) is 6.61 Å². The van der Waals surface area contributed by atoms with Gasteiger partial charge < -0.3 is 15.7 Å². The fourth-order valence-electron chi connectivity index (χ4n) is 2.21. The number of hydrogen-bond acceptors (Lipinski definition) is 6. The number of hydrogen-bond donors (Lipinski definition) is 3. The van der Waals surface area contributed by atoms with Crippen LogP contribution in [0, 0.1) is 0 Å². The molecule has 0 amide bonds. The number of pyridine rings is 2. The first-order valence-corrected chi connectivity index (χ1v) is 8.93. The third-order valence-electron chi connectivity index (χ3n) is 3.34. The fourth-order valence-corrected chi connectivity index (χ4v) is 3.11. The second-order valence-electron chi connectivity index (χ2n) is 5.33. The average molecular weight is 352 g/mol. The van der Waals surface area contributed by atoms with Crippen molar-refractivity contribution in [3.63, 3.8) is 0 Å². The Labute approximate surface area is 151 Å². The first-order valence-electron chi connectivity index (χ1n) is 8.11. The van der Waals surface area contributed by atoms with Gasteiger partial charge in [-0.2, -0.15) is 0 Å². The second-order valence-corrected chi connectivity index (χ2v) is 6.48. The zero-order valence-electron chi connectivity index (χ0n) is 13.7. The van der Waals surface area contributed by atoms with Crippen LogP contribution in [-0.4, -0.2) is 28.2 Å². The number of anilines is 3. The molecule has 0 unspecified atom stereocenters. The molecular formula is C19H20N4OS. The Morgan fingerprint density at radius 3 is 2.44 bits per heavy atom. The van der Waals surface area contributed by atoms with Crippen LogP contribution in [0.25, 0.3) is 0 Å². The summed E-state index contributed by atoms with van der Waals surface area (Å²) in [6.45, 7) is 0.830. The third-order valence-corrected chi connectivity index (χ3v) is 4.32. The Hall–Kier alpha value is -2.57. The van der Waals surface area contributed by atoms with E-state index in [0.717, 1.165) is 22.3 Å². The Morgan fingerprint density at radius 2 is 1.68 bits per heavy atom. The van der Waals surface area contributed by atoms with E-state index >= 15 is 0 Å². The molecule has 0 fully saturated rings. The van der Waals surface area contributed by atoms with Crippen LogP contribution in [0.3, 0.4) is 0 Å². The van der Waals surface area contributed by atoms with Gasteiger partial charge in [-0.3, -0.25) is 0 Å². The minimum atomic E-state index is 0.157.